The van der Waals surface area contributed by atoms with Crippen LogP contribution in [0.4, 0.5) is 4.39 Å². The van der Waals surface area contributed by atoms with E-state index in [0.29, 0.717) is 43.1 Å². The largest absolute Gasteiger partial charge is 0.355 e. The maximum Gasteiger partial charge on any atom is 0.230 e. The second-order valence-electron chi connectivity index (χ2n) is 6.27. The van der Waals surface area contributed by atoms with E-state index in [-0.39, 0.29) is 17.6 Å². The lowest BCUT2D eigenvalue weighted by Gasteiger charge is -2.16. The molecule has 3 rings (SSSR count). The molecule has 0 unspecified atom stereocenters. The fourth-order valence-electron chi connectivity index (χ4n) is 2.65. The topological polar surface area (TPSA) is 68.0 Å². The van der Waals surface area contributed by atoms with Gasteiger partial charge in [-0.15, -0.1) is 0 Å². The molecule has 5 nitrogen and oxygen atoms in total. The highest BCUT2D eigenvalue weighted by atomic mass is 19.1. The second-order valence-corrected chi connectivity index (χ2v) is 6.27. The van der Waals surface area contributed by atoms with Crippen molar-refractivity contribution in [3.63, 3.8) is 0 Å². The van der Waals surface area contributed by atoms with E-state index in [1.54, 1.807) is 18.2 Å². The number of amides is 1. The average molecular weight is 317 g/mol. The van der Waals surface area contributed by atoms with Crippen LogP contribution in [-0.2, 0) is 16.6 Å². The fourth-order valence-corrected chi connectivity index (χ4v) is 2.65. The standard InChI is InChI=1S/C17H20FN3O2/c1-11(2)15-20-14(23-21-15)7-10-19-16(22)17(8-9-17)12-5-3-4-6-13(12)18/h3-6,11H,7-10H2,1-2H3,(H,19,22). The third kappa shape index (κ3) is 3.11. The predicted octanol–water partition coefficient (Wildman–Crippen LogP) is 2.72. The SMILES string of the molecule is CC(C)c1noc(CCNC(=O)C2(c3ccccc3F)CC2)n1. The van der Waals surface area contributed by atoms with Crippen molar-refractivity contribution in [2.45, 2.75) is 44.4 Å². The van der Waals surface area contributed by atoms with Gasteiger partial charge in [-0.1, -0.05) is 37.2 Å². The van der Waals surface area contributed by atoms with Gasteiger partial charge in [0.15, 0.2) is 5.82 Å². The molecule has 0 radical (unpaired) electrons. The first-order valence-corrected chi connectivity index (χ1v) is 7.89. The molecule has 0 saturated heterocycles. The first-order chi connectivity index (χ1) is 11.0. The van der Waals surface area contributed by atoms with Crippen molar-refractivity contribution in [1.82, 2.24) is 15.5 Å². The summed E-state index contributed by atoms with van der Waals surface area (Å²) >= 11 is 0. The number of nitrogens with zero attached hydrogens (tertiary/aromatic N) is 2. The highest BCUT2D eigenvalue weighted by molar-refractivity contribution is 5.91. The molecule has 2 aromatic rings. The van der Waals surface area contributed by atoms with Crippen molar-refractivity contribution in [3.05, 3.63) is 47.4 Å². The Hall–Kier alpha value is -2.24. The van der Waals surface area contributed by atoms with Gasteiger partial charge in [0.1, 0.15) is 5.82 Å². The zero-order valence-corrected chi connectivity index (χ0v) is 13.3. The number of hydrogen-bond acceptors (Lipinski definition) is 4. The van der Waals surface area contributed by atoms with Gasteiger partial charge < -0.3 is 9.84 Å². The summed E-state index contributed by atoms with van der Waals surface area (Å²) in [4.78, 5) is 16.7. The molecule has 1 fully saturated rings. The van der Waals surface area contributed by atoms with Crippen LogP contribution in [0.1, 0.15) is 49.9 Å². The van der Waals surface area contributed by atoms with Crippen LogP contribution >= 0.6 is 0 Å². The molecule has 1 amide bonds. The summed E-state index contributed by atoms with van der Waals surface area (Å²) in [7, 11) is 0. The zero-order chi connectivity index (χ0) is 16.4. The minimum atomic E-state index is -0.705. The van der Waals surface area contributed by atoms with Crippen molar-refractivity contribution < 1.29 is 13.7 Å². The van der Waals surface area contributed by atoms with Gasteiger partial charge >= 0.3 is 0 Å². The van der Waals surface area contributed by atoms with Crippen molar-refractivity contribution in [2.24, 2.45) is 0 Å². The molecule has 1 saturated carbocycles. The van der Waals surface area contributed by atoms with E-state index < -0.39 is 5.41 Å². The zero-order valence-electron chi connectivity index (χ0n) is 13.3. The third-order valence-corrected chi connectivity index (χ3v) is 4.20. The fraction of sp³-hybridized carbons (Fsp3) is 0.471. The van der Waals surface area contributed by atoms with Crippen LogP contribution < -0.4 is 5.32 Å². The van der Waals surface area contributed by atoms with Gasteiger partial charge in [-0.3, -0.25) is 4.79 Å². The van der Waals surface area contributed by atoms with E-state index in [2.05, 4.69) is 15.5 Å². The minimum absolute atomic E-state index is 0.133. The molecule has 1 heterocycles. The Morgan fingerprint density at radius 2 is 2.13 bits per heavy atom. The predicted molar refractivity (Wildman–Crippen MR) is 82.4 cm³/mol. The Labute approximate surface area is 134 Å². The summed E-state index contributed by atoms with van der Waals surface area (Å²) in [6.07, 6.45) is 1.83. The van der Waals surface area contributed by atoms with Gasteiger partial charge in [0, 0.05) is 24.4 Å². The number of hydrogen-bond donors (Lipinski definition) is 1. The molecule has 122 valence electrons. The van der Waals surface area contributed by atoms with Crippen molar-refractivity contribution in [1.29, 1.82) is 0 Å². The average Bonchev–Trinajstić information content (AvgIpc) is 3.19. The van der Waals surface area contributed by atoms with Gasteiger partial charge in [0.05, 0.1) is 5.41 Å². The van der Waals surface area contributed by atoms with Crippen molar-refractivity contribution in [3.8, 4) is 0 Å². The number of rotatable bonds is 6. The monoisotopic (exact) mass is 317 g/mol. The number of aromatic nitrogens is 2. The van der Waals surface area contributed by atoms with Crippen LogP contribution in [0.25, 0.3) is 0 Å². The molecule has 6 heteroatoms. The molecule has 1 N–H and O–H groups in total. The molecule has 23 heavy (non-hydrogen) atoms. The Kier molecular flexibility index (Phi) is 4.15. The maximum absolute atomic E-state index is 13.9. The lowest BCUT2D eigenvalue weighted by Crippen LogP contribution is -2.36. The molecule has 0 spiro atoms. The molecule has 0 bridgehead atoms. The molecule has 1 aromatic heterocycles. The first kappa shape index (κ1) is 15.6. The molecule has 0 atom stereocenters. The van der Waals surface area contributed by atoms with E-state index in [0.717, 1.165) is 0 Å². The summed E-state index contributed by atoms with van der Waals surface area (Å²) in [5, 5.41) is 6.75. The van der Waals surface area contributed by atoms with E-state index in [1.807, 2.05) is 13.8 Å². The molecule has 1 aromatic carbocycles. The summed E-state index contributed by atoms with van der Waals surface area (Å²) in [6, 6.07) is 6.48. The second kappa shape index (κ2) is 6.10. The van der Waals surface area contributed by atoms with Crippen molar-refractivity contribution in [2.75, 3.05) is 6.54 Å². The van der Waals surface area contributed by atoms with Crippen molar-refractivity contribution >= 4 is 5.91 Å². The molecular formula is C17H20FN3O2. The van der Waals surface area contributed by atoms with Gasteiger partial charge in [-0.05, 0) is 18.9 Å². The Bertz CT molecular complexity index is 707. The summed E-state index contributed by atoms with van der Waals surface area (Å²) < 4.78 is 19.1. The molecule has 1 aliphatic rings. The Morgan fingerprint density at radius 1 is 1.39 bits per heavy atom. The Morgan fingerprint density at radius 3 is 2.74 bits per heavy atom. The smallest absolute Gasteiger partial charge is 0.230 e. The Balaban J connectivity index is 1.58. The van der Waals surface area contributed by atoms with Crippen LogP contribution in [0, 0.1) is 5.82 Å². The van der Waals surface area contributed by atoms with E-state index in [9.17, 15) is 9.18 Å². The van der Waals surface area contributed by atoms with Gasteiger partial charge in [0.25, 0.3) is 0 Å². The van der Waals surface area contributed by atoms with Crippen LogP contribution in [0.5, 0.6) is 0 Å². The van der Waals surface area contributed by atoms with E-state index in [1.165, 1.54) is 6.07 Å². The summed E-state index contributed by atoms with van der Waals surface area (Å²) in [6.45, 7) is 4.37. The van der Waals surface area contributed by atoms with E-state index in [4.69, 9.17) is 4.52 Å². The van der Waals surface area contributed by atoms with Crippen LogP contribution in [0.15, 0.2) is 28.8 Å². The van der Waals surface area contributed by atoms with Gasteiger partial charge in [0.2, 0.25) is 11.8 Å². The lowest BCUT2D eigenvalue weighted by atomic mass is 9.94. The first-order valence-electron chi connectivity index (χ1n) is 7.89. The van der Waals surface area contributed by atoms with Crippen LogP contribution in [0.2, 0.25) is 0 Å². The molecular weight excluding hydrogens is 297 g/mol. The minimum Gasteiger partial charge on any atom is -0.355 e. The molecule has 0 aliphatic heterocycles. The quantitative estimate of drug-likeness (QED) is 0.889. The van der Waals surface area contributed by atoms with E-state index >= 15 is 0 Å². The van der Waals surface area contributed by atoms with Gasteiger partial charge in [-0.25, -0.2) is 4.39 Å². The number of carbonyl (C=O) groups is 1. The molecule has 1 aliphatic carbocycles. The number of halogens is 1. The lowest BCUT2D eigenvalue weighted by molar-refractivity contribution is -0.123. The number of nitrogens with one attached hydrogen (secondary N) is 1. The normalized spacial score (nSPS) is 15.7. The van der Waals surface area contributed by atoms with Gasteiger partial charge in [-0.2, -0.15) is 4.98 Å². The summed E-state index contributed by atoms with van der Waals surface area (Å²) in [5.41, 5.74) is -0.221. The number of benzene rings is 1. The van der Waals surface area contributed by atoms with Crippen LogP contribution in [0.3, 0.4) is 0 Å². The highest BCUT2D eigenvalue weighted by Gasteiger charge is 2.52. The number of carbonyl (C=O) groups excluding carboxylic acids is 1. The third-order valence-electron chi connectivity index (χ3n) is 4.20. The summed E-state index contributed by atoms with van der Waals surface area (Å²) in [5.74, 6) is 0.920. The highest BCUT2D eigenvalue weighted by Crippen LogP contribution is 2.49. The van der Waals surface area contributed by atoms with Crippen LogP contribution in [-0.4, -0.2) is 22.6 Å². The maximum atomic E-state index is 13.9.